The molecule has 1 fully saturated rings. The van der Waals surface area contributed by atoms with Crippen molar-refractivity contribution in [3.05, 3.63) is 57.7 Å². The molecule has 3 aromatic rings. The first-order chi connectivity index (χ1) is 14.1. The van der Waals surface area contributed by atoms with E-state index in [2.05, 4.69) is 15.2 Å². The van der Waals surface area contributed by atoms with Crippen LogP contribution in [0, 0.1) is 6.92 Å². The highest BCUT2D eigenvalue weighted by atomic mass is 32.1. The molecule has 0 saturated carbocycles. The quantitative estimate of drug-likeness (QED) is 0.677. The van der Waals surface area contributed by atoms with Crippen LogP contribution < -0.4 is 5.32 Å². The van der Waals surface area contributed by atoms with Crippen molar-refractivity contribution >= 4 is 40.2 Å². The second kappa shape index (κ2) is 8.86. The molecular formula is C21H22N4O2S2. The van der Waals surface area contributed by atoms with E-state index >= 15 is 0 Å². The smallest absolute Gasteiger partial charge is 0.265 e. The fourth-order valence-electron chi connectivity index (χ4n) is 3.28. The van der Waals surface area contributed by atoms with Crippen molar-refractivity contribution in [3.63, 3.8) is 0 Å². The maximum Gasteiger partial charge on any atom is 0.265 e. The molecule has 1 aliphatic rings. The Morgan fingerprint density at radius 1 is 1.10 bits per heavy atom. The van der Waals surface area contributed by atoms with Gasteiger partial charge in [-0.2, -0.15) is 11.3 Å². The number of para-hydroxylation sites is 1. The van der Waals surface area contributed by atoms with Crippen molar-refractivity contribution in [2.75, 3.05) is 38.0 Å². The molecule has 2 amide bonds. The zero-order chi connectivity index (χ0) is 20.2. The Bertz CT molecular complexity index is 978. The van der Waals surface area contributed by atoms with Crippen LogP contribution in [0.2, 0.25) is 0 Å². The first kappa shape index (κ1) is 19.8. The van der Waals surface area contributed by atoms with Gasteiger partial charge in [-0.15, -0.1) is 11.3 Å². The van der Waals surface area contributed by atoms with E-state index in [1.807, 2.05) is 59.0 Å². The summed E-state index contributed by atoms with van der Waals surface area (Å²) in [5, 5.41) is 7.86. The highest BCUT2D eigenvalue weighted by Gasteiger charge is 2.26. The fraction of sp³-hybridized carbons (Fsp3) is 0.286. The highest BCUT2D eigenvalue weighted by Crippen LogP contribution is 2.30. The zero-order valence-electron chi connectivity index (χ0n) is 16.1. The second-order valence-corrected chi connectivity index (χ2v) is 8.71. The lowest BCUT2D eigenvalue weighted by Gasteiger charge is -2.34. The number of amides is 2. The molecule has 1 aromatic carbocycles. The predicted octanol–water partition coefficient (Wildman–Crippen LogP) is 3.58. The third-order valence-electron chi connectivity index (χ3n) is 4.84. The Hall–Kier alpha value is -2.55. The van der Waals surface area contributed by atoms with Gasteiger partial charge in [-0.3, -0.25) is 14.5 Å². The summed E-state index contributed by atoms with van der Waals surface area (Å²) in [7, 11) is 0. The summed E-state index contributed by atoms with van der Waals surface area (Å²) in [5.74, 6) is 0.00421. The first-order valence-corrected chi connectivity index (χ1v) is 11.2. The van der Waals surface area contributed by atoms with Crippen molar-refractivity contribution in [1.82, 2.24) is 14.8 Å². The summed E-state index contributed by atoms with van der Waals surface area (Å²) >= 11 is 3.08. The molecule has 0 bridgehead atoms. The number of aryl methyl sites for hydroxylation is 1. The molecule has 0 aliphatic carbocycles. The number of nitrogens with one attached hydrogen (secondary N) is 1. The largest absolute Gasteiger partial charge is 0.335 e. The predicted molar refractivity (Wildman–Crippen MR) is 118 cm³/mol. The van der Waals surface area contributed by atoms with Gasteiger partial charge < -0.3 is 10.2 Å². The van der Waals surface area contributed by atoms with Gasteiger partial charge in [0, 0.05) is 42.8 Å². The maximum atomic E-state index is 13.0. The van der Waals surface area contributed by atoms with Gasteiger partial charge in [-0.1, -0.05) is 18.2 Å². The van der Waals surface area contributed by atoms with Crippen molar-refractivity contribution in [1.29, 1.82) is 0 Å². The third kappa shape index (κ3) is 4.72. The lowest BCUT2D eigenvalue weighted by molar-refractivity contribution is -0.117. The summed E-state index contributed by atoms with van der Waals surface area (Å²) in [6, 6.07) is 11.5. The number of rotatable bonds is 5. The van der Waals surface area contributed by atoms with Crippen LogP contribution >= 0.6 is 22.7 Å². The van der Waals surface area contributed by atoms with Gasteiger partial charge in [0.25, 0.3) is 5.91 Å². The van der Waals surface area contributed by atoms with Crippen LogP contribution in [0.25, 0.3) is 10.6 Å². The van der Waals surface area contributed by atoms with Crippen LogP contribution in [0.15, 0.2) is 47.2 Å². The van der Waals surface area contributed by atoms with Gasteiger partial charge in [-0.25, -0.2) is 4.98 Å². The molecule has 6 nitrogen and oxygen atoms in total. The topological polar surface area (TPSA) is 65.5 Å². The number of hydrogen-bond donors (Lipinski definition) is 1. The Balaban J connectivity index is 1.31. The monoisotopic (exact) mass is 426 g/mol. The number of carbonyl (C=O) groups is 2. The average molecular weight is 427 g/mol. The minimum atomic E-state index is -0.0327. The molecule has 1 saturated heterocycles. The van der Waals surface area contributed by atoms with E-state index in [1.54, 1.807) is 11.3 Å². The minimum Gasteiger partial charge on any atom is -0.335 e. The number of carbonyl (C=O) groups excluding carboxylic acids is 2. The molecule has 0 unspecified atom stereocenters. The molecule has 1 aliphatic heterocycles. The number of benzene rings is 1. The summed E-state index contributed by atoms with van der Waals surface area (Å²) in [4.78, 5) is 34.4. The maximum absolute atomic E-state index is 13.0. The summed E-state index contributed by atoms with van der Waals surface area (Å²) < 4.78 is 0. The molecular weight excluding hydrogens is 404 g/mol. The van der Waals surface area contributed by atoms with Crippen LogP contribution in [0.3, 0.4) is 0 Å². The van der Waals surface area contributed by atoms with Crippen molar-refractivity contribution in [2.24, 2.45) is 0 Å². The van der Waals surface area contributed by atoms with Crippen molar-refractivity contribution in [3.8, 4) is 10.6 Å². The van der Waals surface area contributed by atoms with E-state index in [0.717, 1.165) is 22.0 Å². The van der Waals surface area contributed by atoms with E-state index in [0.29, 0.717) is 37.6 Å². The fourth-order valence-corrected chi connectivity index (χ4v) is 5.03. The van der Waals surface area contributed by atoms with Gasteiger partial charge in [0.15, 0.2) is 0 Å². The summed E-state index contributed by atoms with van der Waals surface area (Å²) in [6.07, 6.45) is 0. The highest BCUT2D eigenvalue weighted by molar-refractivity contribution is 7.17. The van der Waals surface area contributed by atoms with E-state index < -0.39 is 0 Å². The molecule has 4 rings (SSSR count). The van der Waals surface area contributed by atoms with Gasteiger partial charge in [0.05, 0.1) is 12.2 Å². The lowest BCUT2D eigenvalue weighted by Crippen LogP contribution is -2.50. The normalized spacial score (nSPS) is 14.7. The van der Waals surface area contributed by atoms with Crippen LogP contribution in [0.5, 0.6) is 0 Å². The summed E-state index contributed by atoms with van der Waals surface area (Å²) in [6.45, 7) is 4.82. The van der Waals surface area contributed by atoms with Crippen LogP contribution in [-0.2, 0) is 4.79 Å². The van der Waals surface area contributed by atoms with Gasteiger partial charge in [-0.05, 0) is 30.5 Å². The van der Waals surface area contributed by atoms with E-state index in [1.165, 1.54) is 11.3 Å². The van der Waals surface area contributed by atoms with Gasteiger partial charge in [0.2, 0.25) is 5.91 Å². The molecule has 29 heavy (non-hydrogen) atoms. The molecule has 0 spiro atoms. The van der Waals surface area contributed by atoms with Crippen molar-refractivity contribution < 1.29 is 9.59 Å². The van der Waals surface area contributed by atoms with Gasteiger partial charge in [0.1, 0.15) is 9.88 Å². The Morgan fingerprint density at radius 3 is 2.55 bits per heavy atom. The molecule has 8 heteroatoms. The first-order valence-electron chi connectivity index (χ1n) is 9.46. The number of thiazole rings is 1. The van der Waals surface area contributed by atoms with Crippen LogP contribution in [-0.4, -0.2) is 59.3 Å². The van der Waals surface area contributed by atoms with Gasteiger partial charge >= 0.3 is 0 Å². The molecule has 0 radical (unpaired) electrons. The Kier molecular flexibility index (Phi) is 6.03. The zero-order valence-corrected chi connectivity index (χ0v) is 17.8. The van der Waals surface area contributed by atoms with E-state index in [-0.39, 0.29) is 11.8 Å². The summed E-state index contributed by atoms with van der Waals surface area (Å²) in [5.41, 5.74) is 2.65. The minimum absolute atomic E-state index is 0.0327. The van der Waals surface area contributed by atoms with Crippen LogP contribution in [0.1, 0.15) is 15.4 Å². The Morgan fingerprint density at radius 2 is 1.86 bits per heavy atom. The average Bonchev–Trinajstić information content (AvgIpc) is 3.38. The molecule has 2 aromatic heterocycles. The molecule has 0 atom stereocenters. The second-order valence-electron chi connectivity index (χ2n) is 6.93. The number of thiophene rings is 1. The number of piperazine rings is 1. The number of nitrogens with zero attached hydrogens (tertiary/aromatic N) is 3. The number of aromatic nitrogens is 1. The molecule has 1 N–H and O–H groups in total. The lowest BCUT2D eigenvalue weighted by atomic mass is 10.2. The van der Waals surface area contributed by atoms with Crippen molar-refractivity contribution in [2.45, 2.75) is 6.92 Å². The van der Waals surface area contributed by atoms with E-state index in [4.69, 9.17) is 0 Å². The molecule has 150 valence electrons. The number of hydrogen-bond acceptors (Lipinski definition) is 6. The third-order valence-corrected chi connectivity index (χ3v) is 6.72. The number of anilines is 1. The molecule has 3 heterocycles. The standard InChI is InChI=1S/C21H22N4O2S2/c1-15-19(29-20(22-15)16-7-12-28-14-16)21(27)25-10-8-24(9-11-25)13-18(26)23-17-5-3-2-4-6-17/h2-7,12,14H,8-11,13H2,1H3,(H,23,26). The van der Waals surface area contributed by atoms with E-state index in [9.17, 15) is 9.59 Å². The SMILES string of the molecule is Cc1nc(-c2ccsc2)sc1C(=O)N1CCN(CC(=O)Nc2ccccc2)CC1. The Labute approximate surface area is 177 Å². The van der Waals surface area contributed by atoms with Crippen LogP contribution in [0.4, 0.5) is 5.69 Å².